The molecule has 2 amide bonds. The second kappa shape index (κ2) is 5.11. The number of hydrogen-bond donors (Lipinski definition) is 3. The van der Waals surface area contributed by atoms with Gasteiger partial charge in [-0.05, 0) is 18.6 Å². The van der Waals surface area contributed by atoms with Crippen LogP contribution in [0.5, 0.6) is 5.75 Å². The van der Waals surface area contributed by atoms with Crippen molar-refractivity contribution < 1.29 is 9.90 Å². The predicted octanol–water partition coefficient (Wildman–Crippen LogP) is 1.92. The van der Waals surface area contributed by atoms with Crippen LogP contribution in [-0.2, 0) is 0 Å². The SMILES string of the molecule is CCCNC(=O)Nc1ccccc1O. The fraction of sp³-hybridized carbons (Fsp3) is 0.300. The molecule has 0 unspecified atom stereocenters. The second-order valence-electron chi connectivity index (χ2n) is 2.90. The Bertz CT molecular complexity index is 313. The highest BCUT2D eigenvalue weighted by molar-refractivity contribution is 5.90. The third kappa shape index (κ3) is 2.97. The molecule has 0 saturated heterocycles. The van der Waals surface area contributed by atoms with Crippen molar-refractivity contribution in [3.63, 3.8) is 0 Å². The highest BCUT2D eigenvalue weighted by atomic mass is 16.3. The lowest BCUT2D eigenvalue weighted by Gasteiger charge is -2.07. The first kappa shape index (κ1) is 10.4. The number of amides is 2. The molecular formula is C10H14N2O2. The van der Waals surface area contributed by atoms with Crippen molar-refractivity contribution in [2.45, 2.75) is 13.3 Å². The molecule has 0 aliphatic rings. The van der Waals surface area contributed by atoms with Gasteiger partial charge in [0, 0.05) is 6.54 Å². The number of nitrogens with one attached hydrogen (secondary N) is 2. The molecule has 14 heavy (non-hydrogen) atoms. The van der Waals surface area contributed by atoms with Crippen LogP contribution < -0.4 is 10.6 Å². The van der Waals surface area contributed by atoms with Gasteiger partial charge in [0.1, 0.15) is 5.75 Å². The zero-order chi connectivity index (χ0) is 10.4. The highest BCUT2D eigenvalue weighted by Crippen LogP contribution is 2.20. The maximum atomic E-state index is 11.2. The number of urea groups is 1. The number of phenolic OH excluding ortho intramolecular Hbond substituents is 1. The largest absolute Gasteiger partial charge is 0.506 e. The minimum Gasteiger partial charge on any atom is -0.506 e. The van der Waals surface area contributed by atoms with E-state index in [1.165, 1.54) is 6.07 Å². The van der Waals surface area contributed by atoms with E-state index in [9.17, 15) is 9.90 Å². The first-order valence-electron chi connectivity index (χ1n) is 4.57. The molecule has 0 spiro atoms. The van der Waals surface area contributed by atoms with Gasteiger partial charge >= 0.3 is 6.03 Å². The summed E-state index contributed by atoms with van der Waals surface area (Å²) >= 11 is 0. The fourth-order valence-corrected chi connectivity index (χ4v) is 0.984. The number of benzene rings is 1. The Morgan fingerprint density at radius 2 is 2.14 bits per heavy atom. The van der Waals surface area contributed by atoms with Gasteiger partial charge in [0.25, 0.3) is 0 Å². The molecule has 0 atom stereocenters. The topological polar surface area (TPSA) is 61.4 Å². The molecular weight excluding hydrogens is 180 g/mol. The van der Waals surface area contributed by atoms with Crippen molar-refractivity contribution in [2.24, 2.45) is 0 Å². The lowest BCUT2D eigenvalue weighted by molar-refractivity contribution is 0.252. The lowest BCUT2D eigenvalue weighted by atomic mass is 10.3. The van der Waals surface area contributed by atoms with Gasteiger partial charge in [-0.3, -0.25) is 0 Å². The van der Waals surface area contributed by atoms with E-state index in [0.29, 0.717) is 12.2 Å². The maximum Gasteiger partial charge on any atom is 0.319 e. The lowest BCUT2D eigenvalue weighted by Crippen LogP contribution is -2.29. The average Bonchev–Trinajstić information content (AvgIpc) is 2.18. The van der Waals surface area contributed by atoms with E-state index in [0.717, 1.165) is 6.42 Å². The van der Waals surface area contributed by atoms with Crippen molar-refractivity contribution >= 4 is 11.7 Å². The van der Waals surface area contributed by atoms with E-state index in [1.807, 2.05) is 6.92 Å². The molecule has 4 nitrogen and oxygen atoms in total. The van der Waals surface area contributed by atoms with Crippen LogP contribution in [0.4, 0.5) is 10.5 Å². The second-order valence-corrected chi connectivity index (χ2v) is 2.90. The normalized spacial score (nSPS) is 9.50. The maximum absolute atomic E-state index is 11.2. The number of anilines is 1. The molecule has 76 valence electrons. The van der Waals surface area contributed by atoms with Gasteiger partial charge in [-0.25, -0.2) is 4.79 Å². The van der Waals surface area contributed by atoms with Gasteiger partial charge in [-0.2, -0.15) is 0 Å². The van der Waals surface area contributed by atoms with Crippen LogP contribution in [-0.4, -0.2) is 17.7 Å². The summed E-state index contributed by atoms with van der Waals surface area (Å²) in [6.07, 6.45) is 0.883. The zero-order valence-electron chi connectivity index (χ0n) is 8.08. The van der Waals surface area contributed by atoms with Crippen molar-refractivity contribution in [3.05, 3.63) is 24.3 Å². The Labute approximate surface area is 82.9 Å². The number of phenols is 1. The number of para-hydroxylation sites is 2. The number of rotatable bonds is 3. The van der Waals surface area contributed by atoms with Crippen LogP contribution in [0.1, 0.15) is 13.3 Å². The Morgan fingerprint density at radius 3 is 2.79 bits per heavy atom. The molecule has 0 aliphatic carbocycles. The summed E-state index contributed by atoms with van der Waals surface area (Å²) in [5.41, 5.74) is 0.418. The Morgan fingerprint density at radius 1 is 1.43 bits per heavy atom. The summed E-state index contributed by atoms with van der Waals surface area (Å²) < 4.78 is 0. The number of carbonyl (C=O) groups is 1. The Hall–Kier alpha value is -1.71. The van der Waals surface area contributed by atoms with Crippen LogP contribution in [0, 0.1) is 0 Å². The smallest absolute Gasteiger partial charge is 0.319 e. The van der Waals surface area contributed by atoms with E-state index in [-0.39, 0.29) is 11.8 Å². The van der Waals surface area contributed by atoms with E-state index < -0.39 is 0 Å². The van der Waals surface area contributed by atoms with E-state index in [1.54, 1.807) is 18.2 Å². The van der Waals surface area contributed by atoms with Crippen molar-refractivity contribution in [1.82, 2.24) is 5.32 Å². The third-order valence-corrected chi connectivity index (χ3v) is 1.69. The van der Waals surface area contributed by atoms with Gasteiger partial charge in [0.2, 0.25) is 0 Å². The van der Waals surface area contributed by atoms with Gasteiger partial charge < -0.3 is 15.7 Å². The van der Waals surface area contributed by atoms with Crippen molar-refractivity contribution in [3.8, 4) is 5.75 Å². The number of carbonyl (C=O) groups excluding carboxylic acids is 1. The summed E-state index contributed by atoms with van der Waals surface area (Å²) in [5.74, 6) is 0.0687. The summed E-state index contributed by atoms with van der Waals surface area (Å²) in [6.45, 7) is 2.60. The predicted molar refractivity (Wildman–Crippen MR) is 55.4 cm³/mol. The minimum absolute atomic E-state index is 0.0687. The van der Waals surface area contributed by atoms with E-state index in [2.05, 4.69) is 10.6 Å². The van der Waals surface area contributed by atoms with Crippen LogP contribution in [0.15, 0.2) is 24.3 Å². The van der Waals surface area contributed by atoms with Gasteiger partial charge in [-0.15, -0.1) is 0 Å². The fourth-order valence-electron chi connectivity index (χ4n) is 0.984. The standard InChI is InChI=1S/C10H14N2O2/c1-2-7-11-10(14)12-8-5-3-4-6-9(8)13/h3-6,13H,2,7H2,1H3,(H2,11,12,14). The first-order chi connectivity index (χ1) is 6.74. The molecule has 1 aromatic carbocycles. The Kier molecular flexibility index (Phi) is 3.79. The monoisotopic (exact) mass is 194 g/mol. The summed E-state index contributed by atoms with van der Waals surface area (Å²) in [7, 11) is 0. The zero-order valence-corrected chi connectivity index (χ0v) is 8.08. The highest BCUT2D eigenvalue weighted by Gasteiger charge is 2.03. The molecule has 4 heteroatoms. The summed E-state index contributed by atoms with van der Waals surface area (Å²) in [5, 5.41) is 14.5. The quantitative estimate of drug-likeness (QED) is 0.644. The molecule has 1 rings (SSSR count). The van der Waals surface area contributed by atoms with Crippen molar-refractivity contribution in [2.75, 3.05) is 11.9 Å². The minimum atomic E-state index is -0.298. The molecule has 0 aliphatic heterocycles. The van der Waals surface area contributed by atoms with Gasteiger partial charge in [-0.1, -0.05) is 19.1 Å². The molecule has 0 radical (unpaired) electrons. The molecule has 0 saturated carbocycles. The molecule has 0 bridgehead atoms. The Balaban J connectivity index is 2.52. The van der Waals surface area contributed by atoms with Gasteiger partial charge in [0.05, 0.1) is 5.69 Å². The first-order valence-corrected chi connectivity index (χ1v) is 4.57. The molecule has 0 heterocycles. The molecule has 3 N–H and O–H groups in total. The molecule has 0 aromatic heterocycles. The van der Waals surface area contributed by atoms with Crippen LogP contribution in [0.2, 0.25) is 0 Å². The molecule has 1 aromatic rings. The van der Waals surface area contributed by atoms with Crippen LogP contribution in [0.25, 0.3) is 0 Å². The average molecular weight is 194 g/mol. The van der Waals surface area contributed by atoms with Gasteiger partial charge in [0.15, 0.2) is 0 Å². The number of hydrogen-bond acceptors (Lipinski definition) is 2. The van der Waals surface area contributed by atoms with Crippen molar-refractivity contribution in [1.29, 1.82) is 0 Å². The molecule has 0 fully saturated rings. The van der Waals surface area contributed by atoms with Crippen LogP contribution >= 0.6 is 0 Å². The third-order valence-electron chi connectivity index (χ3n) is 1.69. The van der Waals surface area contributed by atoms with Crippen LogP contribution in [0.3, 0.4) is 0 Å². The summed E-state index contributed by atoms with van der Waals surface area (Å²) in [6, 6.07) is 6.31. The summed E-state index contributed by atoms with van der Waals surface area (Å²) in [4.78, 5) is 11.2. The number of aromatic hydroxyl groups is 1. The van der Waals surface area contributed by atoms with E-state index >= 15 is 0 Å². The van der Waals surface area contributed by atoms with E-state index in [4.69, 9.17) is 0 Å².